The minimum absolute atomic E-state index is 0.000281. The standard InChI is InChI=1S/C19H23F2N3O2/c1-13(2)24-11-8-22-17(24)14-6-9-23(10-7-14)18(25)15-4-3-5-16(12-15)26-19(20)21/h3-5,8,11-14,19H,6-7,9-10H2,1-2H3. The number of likely N-dealkylation sites (tertiary alicyclic amines) is 1. The molecule has 3 rings (SSSR count). The lowest BCUT2D eigenvalue weighted by molar-refractivity contribution is -0.0499. The first-order valence-electron chi connectivity index (χ1n) is 8.82. The van der Waals surface area contributed by atoms with Gasteiger partial charge in [0.25, 0.3) is 5.91 Å². The number of nitrogens with zero attached hydrogens (tertiary/aromatic N) is 3. The fourth-order valence-corrected chi connectivity index (χ4v) is 3.41. The Labute approximate surface area is 151 Å². The van der Waals surface area contributed by atoms with Gasteiger partial charge in [0.1, 0.15) is 11.6 Å². The predicted molar refractivity (Wildman–Crippen MR) is 93.6 cm³/mol. The van der Waals surface area contributed by atoms with Gasteiger partial charge in [0.15, 0.2) is 0 Å². The smallest absolute Gasteiger partial charge is 0.387 e. The van der Waals surface area contributed by atoms with Crippen molar-refractivity contribution in [2.75, 3.05) is 13.1 Å². The van der Waals surface area contributed by atoms with Gasteiger partial charge in [-0.15, -0.1) is 0 Å². The third-order valence-electron chi connectivity index (χ3n) is 4.71. The van der Waals surface area contributed by atoms with Gasteiger partial charge in [-0.1, -0.05) is 6.07 Å². The molecular formula is C19H23F2N3O2. The van der Waals surface area contributed by atoms with E-state index in [1.165, 1.54) is 12.1 Å². The number of aromatic nitrogens is 2. The van der Waals surface area contributed by atoms with Gasteiger partial charge in [-0.25, -0.2) is 4.98 Å². The second kappa shape index (κ2) is 7.85. The molecule has 0 aliphatic carbocycles. The maximum Gasteiger partial charge on any atom is 0.387 e. The first kappa shape index (κ1) is 18.4. The Morgan fingerprint density at radius 1 is 1.27 bits per heavy atom. The molecule has 0 radical (unpaired) electrons. The van der Waals surface area contributed by atoms with Gasteiger partial charge >= 0.3 is 6.61 Å². The molecule has 0 spiro atoms. The van der Waals surface area contributed by atoms with Gasteiger partial charge in [0.05, 0.1) is 0 Å². The van der Waals surface area contributed by atoms with Crippen LogP contribution in [0.1, 0.15) is 54.8 Å². The van der Waals surface area contributed by atoms with Crippen molar-refractivity contribution in [1.29, 1.82) is 0 Å². The first-order valence-corrected chi connectivity index (χ1v) is 8.82. The van der Waals surface area contributed by atoms with E-state index in [2.05, 4.69) is 28.1 Å². The highest BCUT2D eigenvalue weighted by atomic mass is 19.3. The highest BCUT2D eigenvalue weighted by Crippen LogP contribution is 2.29. The Bertz CT molecular complexity index is 753. The van der Waals surface area contributed by atoms with Crippen molar-refractivity contribution in [1.82, 2.24) is 14.5 Å². The number of rotatable bonds is 5. The molecule has 1 aromatic carbocycles. The molecule has 2 heterocycles. The highest BCUT2D eigenvalue weighted by molar-refractivity contribution is 5.94. The van der Waals surface area contributed by atoms with Crippen molar-refractivity contribution < 1.29 is 18.3 Å². The molecule has 0 N–H and O–H groups in total. The molecule has 2 aromatic rings. The Morgan fingerprint density at radius 2 is 2.00 bits per heavy atom. The number of alkyl halides is 2. The van der Waals surface area contributed by atoms with Crippen LogP contribution in [-0.2, 0) is 0 Å². The summed E-state index contributed by atoms with van der Waals surface area (Å²) in [5.41, 5.74) is 0.366. The monoisotopic (exact) mass is 363 g/mol. The van der Waals surface area contributed by atoms with Gasteiger partial charge in [0, 0.05) is 43.0 Å². The lowest BCUT2D eigenvalue weighted by Crippen LogP contribution is -2.38. The fourth-order valence-electron chi connectivity index (χ4n) is 3.41. The Morgan fingerprint density at radius 3 is 2.65 bits per heavy atom. The molecule has 26 heavy (non-hydrogen) atoms. The van der Waals surface area contributed by atoms with E-state index in [4.69, 9.17) is 0 Å². The number of amides is 1. The van der Waals surface area contributed by atoms with Crippen LogP contribution in [0.15, 0.2) is 36.7 Å². The molecule has 1 amide bonds. The molecule has 1 aliphatic rings. The van der Waals surface area contributed by atoms with Crippen molar-refractivity contribution in [3.05, 3.63) is 48.0 Å². The number of ether oxygens (including phenoxy) is 1. The maximum absolute atomic E-state index is 12.7. The minimum atomic E-state index is -2.90. The van der Waals surface area contributed by atoms with Crippen LogP contribution in [0.5, 0.6) is 5.75 Å². The summed E-state index contributed by atoms with van der Waals surface area (Å²) in [4.78, 5) is 18.9. The molecule has 5 nitrogen and oxygen atoms in total. The summed E-state index contributed by atoms with van der Waals surface area (Å²) in [6, 6.07) is 6.31. The van der Waals surface area contributed by atoms with Gasteiger partial charge < -0.3 is 14.2 Å². The molecule has 7 heteroatoms. The molecule has 0 unspecified atom stereocenters. The topological polar surface area (TPSA) is 47.4 Å². The Hall–Kier alpha value is -2.44. The Kier molecular flexibility index (Phi) is 5.54. The second-order valence-corrected chi connectivity index (χ2v) is 6.76. The molecular weight excluding hydrogens is 340 g/mol. The van der Waals surface area contributed by atoms with Gasteiger partial charge in [-0.05, 0) is 44.9 Å². The lowest BCUT2D eigenvalue weighted by Gasteiger charge is -2.32. The zero-order valence-electron chi connectivity index (χ0n) is 14.9. The third kappa shape index (κ3) is 4.03. The molecule has 1 aliphatic heterocycles. The van der Waals surface area contributed by atoms with Crippen LogP contribution in [0.3, 0.4) is 0 Å². The normalized spacial score (nSPS) is 15.7. The van der Waals surface area contributed by atoms with E-state index in [0.717, 1.165) is 18.7 Å². The van der Waals surface area contributed by atoms with E-state index in [1.807, 2.05) is 12.4 Å². The van der Waals surface area contributed by atoms with E-state index >= 15 is 0 Å². The number of halogens is 2. The molecule has 0 bridgehead atoms. The predicted octanol–water partition coefficient (Wildman–Crippen LogP) is 4.09. The quantitative estimate of drug-likeness (QED) is 0.804. The zero-order valence-corrected chi connectivity index (χ0v) is 14.9. The van der Waals surface area contributed by atoms with E-state index in [0.29, 0.717) is 30.6 Å². The SMILES string of the molecule is CC(C)n1ccnc1C1CCN(C(=O)c2cccc(OC(F)F)c2)CC1. The van der Waals surface area contributed by atoms with Crippen molar-refractivity contribution in [2.24, 2.45) is 0 Å². The largest absolute Gasteiger partial charge is 0.435 e. The average Bonchev–Trinajstić information content (AvgIpc) is 3.11. The number of piperidine rings is 1. The van der Waals surface area contributed by atoms with Crippen LogP contribution in [0.2, 0.25) is 0 Å². The first-order chi connectivity index (χ1) is 12.5. The lowest BCUT2D eigenvalue weighted by atomic mass is 9.95. The van der Waals surface area contributed by atoms with Crippen LogP contribution < -0.4 is 4.74 Å². The number of carbonyl (C=O) groups excluding carboxylic acids is 1. The number of hydrogen-bond donors (Lipinski definition) is 0. The summed E-state index contributed by atoms with van der Waals surface area (Å²) >= 11 is 0. The van der Waals surface area contributed by atoms with Crippen LogP contribution in [0.4, 0.5) is 8.78 Å². The van der Waals surface area contributed by atoms with Crippen LogP contribution >= 0.6 is 0 Å². The summed E-state index contributed by atoms with van der Waals surface area (Å²) in [6.45, 7) is 2.58. The van der Waals surface area contributed by atoms with Crippen LogP contribution in [0.25, 0.3) is 0 Å². The summed E-state index contributed by atoms with van der Waals surface area (Å²) in [5.74, 6) is 1.24. The third-order valence-corrected chi connectivity index (χ3v) is 4.71. The van der Waals surface area contributed by atoms with Crippen LogP contribution in [-0.4, -0.2) is 40.1 Å². The molecule has 0 atom stereocenters. The maximum atomic E-state index is 12.7. The number of benzene rings is 1. The summed E-state index contributed by atoms with van der Waals surface area (Å²) in [7, 11) is 0. The number of carbonyl (C=O) groups is 1. The molecule has 1 saturated heterocycles. The van der Waals surface area contributed by atoms with Gasteiger partial charge in [-0.3, -0.25) is 4.79 Å². The van der Waals surface area contributed by atoms with E-state index in [-0.39, 0.29) is 11.7 Å². The number of imidazole rings is 1. The molecule has 1 aromatic heterocycles. The highest BCUT2D eigenvalue weighted by Gasteiger charge is 2.27. The molecule has 140 valence electrons. The molecule has 0 saturated carbocycles. The van der Waals surface area contributed by atoms with Crippen molar-refractivity contribution >= 4 is 5.91 Å². The van der Waals surface area contributed by atoms with Gasteiger partial charge in [-0.2, -0.15) is 8.78 Å². The zero-order chi connectivity index (χ0) is 18.7. The number of hydrogen-bond acceptors (Lipinski definition) is 3. The van der Waals surface area contributed by atoms with Crippen molar-refractivity contribution in [3.8, 4) is 5.75 Å². The van der Waals surface area contributed by atoms with E-state index in [1.54, 1.807) is 17.0 Å². The average molecular weight is 363 g/mol. The fraction of sp³-hybridized carbons (Fsp3) is 0.474. The summed E-state index contributed by atoms with van der Waals surface area (Å²) in [6.07, 6.45) is 5.48. The minimum Gasteiger partial charge on any atom is -0.435 e. The molecule has 1 fully saturated rings. The van der Waals surface area contributed by atoms with Gasteiger partial charge in [0.2, 0.25) is 0 Å². The van der Waals surface area contributed by atoms with E-state index < -0.39 is 6.61 Å². The van der Waals surface area contributed by atoms with Crippen LogP contribution in [0, 0.1) is 0 Å². The Balaban J connectivity index is 1.64. The van der Waals surface area contributed by atoms with Crippen molar-refractivity contribution in [3.63, 3.8) is 0 Å². The second-order valence-electron chi connectivity index (χ2n) is 6.76. The van der Waals surface area contributed by atoms with Crippen molar-refractivity contribution in [2.45, 2.75) is 45.3 Å². The summed E-state index contributed by atoms with van der Waals surface area (Å²) in [5, 5.41) is 0. The summed E-state index contributed by atoms with van der Waals surface area (Å²) < 4.78 is 31.3. The van der Waals surface area contributed by atoms with E-state index in [9.17, 15) is 13.6 Å².